The van der Waals surface area contributed by atoms with Crippen LogP contribution in [-0.2, 0) is 24.8 Å². The zero-order valence-electron chi connectivity index (χ0n) is 17.2. The van der Waals surface area contributed by atoms with E-state index in [-0.39, 0.29) is 40.8 Å². The highest BCUT2D eigenvalue weighted by atomic mass is 32.2. The standard InChI is InChI=1S/C19H28N2O6S2/c1-5-27-17-10-9-16(21-19(22)13(2)12-28(21,23)24)11-18(17)29(25,26)20-14(3)7-6-8-15(20)4/h9-11,13-15H,5-8,12H2,1-4H3/t13?,14-,15+. The zero-order valence-corrected chi connectivity index (χ0v) is 18.8. The smallest absolute Gasteiger partial charge is 0.247 e. The lowest BCUT2D eigenvalue weighted by atomic mass is 10.0. The Morgan fingerprint density at radius 1 is 1.14 bits per heavy atom. The first kappa shape index (κ1) is 22.0. The fraction of sp³-hybridized carbons (Fsp3) is 0.632. The molecule has 2 aliphatic heterocycles. The molecule has 1 amide bonds. The summed E-state index contributed by atoms with van der Waals surface area (Å²) in [5, 5.41) is 0. The van der Waals surface area contributed by atoms with Crippen LogP contribution in [-0.4, -0.2) is 51.5 Å². The van der Waals surface area contributed by atoms with Crippen LogP contribution >= 0.6 is 0 Å². The molecule has 1 aromatic carbocycles. The molecule has 1 aromatic rings. The van der Waals surface area contributed by atoms with Crippen molar-refractivity contribution in [2.24, 2.45) is 5.92 Å². The fourth-order valence-corrected chi connectivity index (χ4v) is 8.02. The van der Waals surface area contributed by atoms with Crippen LogP contribution < -0.4 is 9.04 Å². The van der Waals surface area contributed by atoms with Gasteiger partial charge in [0.05, 0.1) is 24.0 Å². The summed E-state index contributed by atoms with van der Waals surface area (Å²) < 4.78 is 59.8. The van der Waals surface area contributed by atoms with Crippen LogP contribution in [0.1, 0.15) is 47.0 Å². The maximum atomic E-state index is 13.6. The Morgan fingerprint density at radius 3 is 2.28 bits per heavy atom. The number of nitrogens with zero attached hydrogens (tertiary/aromatic N) is 2. The van der Waals surface area contributed by atoms with Crippen molar-refractivity contribution < 1.29 is 26.4 Å². The van der Waals surface area contributed by atoms with E-state index < -0.39 is 31.9 Å². The number of sulfonamides is 2. The normalized spacial score (nSPS) is 27.9. The number of hydrogen-bond donors (Lipinski definition) is 0. The van der Waals surface area contributed by atoms with Gasteiger partial charge < -0.3 is 4.74 Å². The largest absolute Gasteiger partial charge is 0.492 e. The van der Waals surface area contributed by atoms with E-state index in [2.05, 4.69) is 0 Å². The molecule has 0 radical (unpaired) electrons. The molecule has 2 saturated heterocycles. The minimum atomic E-state index is -3.96. The van der Waals surface area contributed by atoms with Crippen molar-refractivity contribution in [2.75, 3.05) is 16.7 Å². The molecule has 0 N–H and O–H groups in total. The molecule has 162 valence electrons. The van der Waals surface area contributed by atoms with E-state index >= 15 is 0 Å². The van der Waals surface area contributed by atoms with Crippen molar-refractivity contribution in [3.63, 3.8) is 0 Å². The van der Waals surface area contributed by atoms with Crippen LogP contribution in [0.15, 0.2) is 23.1 Å². The Kier molecular flexibility index (Phi) is 5.99. The average Bonchev–Trinajstić information content (AvgIpc) is 2.82. The van der Waals surface area contributed by atoms with Crippen molar-refractivity contribution >= 4 is 31.6 Å². The Morgan fingerprint density at radius 2 is 1.76 bits per heavy atom. The van der Waals surface area contributed by atoms with Gasteiger partial charge in [0, 0.05) is 12.1 Å². The number of carbonyl (C=O) groups excluding carboxylic acids is 1. The van der Waals surface area contributed by atoms with Crippen LogP contribution in [0, 0.1) is 5.92 Å². The third-order valence-corrected chi connectivity index (χ3v) is 9.51. The van der Waals surface area contributed by atoms with Crippen LogP contribution in [0.25, 0.3) is 0 Å². The molecule has 10 heteroatoms. The third-order valence-electron chi connectivity index (χ3n) is 5.49. The van der Waals surface area contributed by atoms with Crippen molar-refractivity contribution in [1.29, 1.82) is 0 Å². The van der Waals surface area contributed by atoms with Crippen molar-refractivity contribution in [2.45, 2.75) is 63.9 Å². The van der Waals surface area contributed by atoms with Gasteiger partial charge in [-0.15, -0.1) is 0 Å². The number of benzene rings is 1. The summed E-state index contributed by atoms with van der Waals surface area (Å²) in [6, 6.07) is 3.73. The number of anilines is 1. The molecule has 0 aliphatic carbocycles. The van der Waals surface area contributed by atoms with E-state index in [0.717, 1.165) is 23.6 Å². The third kappa shape index (κ3) is 3.89. The van der Waals surface area contributed by atoms with E-state index in [1.807, 2.05) is 13.8 Å². The number of rotatable bonds is 5. The highest BCUT2D eigenvalue weighted by Crippen LogP contribution is 2.38. The van der Waals surface area contributed by atoms with Crippen LogP contribution in [0.2, 0.25) is 0 Å². The Labute approximate surface area is 172 Å². The predicted molar refractivity (Wildman–Crippen MR) is 110 cm³/mol. The van der Waals surface area contributed by atoms with Crippen LogP contribution in [0.3, 0.4) is 0 Å². The molecule has 3 atom stereocenters. The lowest BCUT2D eigenvalue weighted by Gasteiger charge is -2.38. The first-order chi connectivity index (χ1) is 13.5. The van der Waals surface area contributed by atoms with Gasteiger partial charge in [-0.1, -0.05) is 13.3 Å². The van der Waals surface area contributed by atoms with Gasteiger partial charge in [0.25, 0.3) is 0 Å². The van der Waals surface area contributed by atoms with Crippen molar-refractivity contribution in [3.05, 3.63) is 18.2 Å². The SMILES string of the molecule is CCOc1ccc(N2C(=O)C(C)CS2(=O)=O)cc1S(=O)(=O)N1[C@H](C)CCC[C@@H]1C. The molecule has 29 heavy (non-hydrogen) atoms. The van der Waals surface area contributed by atoms with Gasteiger partial charge in [-0.25, -0.2) is 21.1 Å². The molecule has 0 saturated carbocycles. The maximum absolute atomic E-state index is 13.6. The lowest BCUT2D eigenvalue weighted by molar-refractivity contribution is -0.119. The summed E-state index contributed by atoms with van der Waals surface area (Å²) in [4.78, 5) is 12.3. The van der Waals surface area contributed by atoms with E-state index in [4.69, 9.17) is 4.74 Å². The summed E-state index contributed by atoms with van der Waals surface area (Å²) in [7, 11) is -7.80. The van der Waals surface area contributed by atoms with Crippen molar-refractivity contribution in [1.82, 2.24) is 4.31 Å². The quantitative estimate of drug-likeness (QED) is 0.691. The minimum absolute atomic E-state index is 0.0266. The minimum Gasteiger partial charge on any atom is -0.492 e. The molecule has 2 aliphatic rings. The summed E-state index contributed by atoms with van der Waals surface area (Å²) in [5.74, 6) is -1.37. The maximum Gasteiger partial charge on any atom is 0.247 e. The van der Waals surface area contributed by atoms with Gasteiger partial charge in [-0.05, 0) is 51.8 Å². The monoisotopic (exact) mass is 444 g/mol. The molecule has 0 aromatic heterocycles. The number of carbonyl (C=O) groups is 1. The molecule has 1 unspecified atom stereocenters. The summed E-state index contributed by atoms with van der Waals surface area (Å²) in [6.45, 7) is 7.28. The molecular formula is C19H28N2O6S2. The van der Waals surface area contributed by atoms with E-state index in [0.29, 0.717) is 0 Å². The molecule has 3 rings (SSSR count). The number of hydrogen-bond acceptors (Lipinski definition) is 6. The average molecular weight is 445 g/mol. The Bertz CT molecular complexity index is 996. The first-order valence-corrected chi connectivity index (χ1v) is 12.9. The number of ether oxygens (including phenoxy) is 1. The molecular weight excluding hydrogens is 416 g/mol. The highest BCUT2D eigenvalue weighted by molar-refractivity contribution is 7.94. The Hall–Kier alpha value is -1.65. The second kappa shape index (κ2) is 7.88. The lowest BCUT2D eigenvalue weighted by Crippen LogP contribution is -2.47. The predicted octanol–water partition coefficient (Wildman–Crippen LogP) is 2.35. The fourth-order valence-electron chi connectivity index (χ4n) is 4.17. The summed E-state index contributed by atoms with van der Waals surface area (Å²) in [5.41, 5.74) is 0.0266. The van der Waals surface area contributed by atoms with Crippen LogP contribution in [0.4, 0.5) is 5.69 Å². The molecule has 8 nitrogen and oxygen atoms in total. The first-order valence-electron chi connectivity index (χ1n) is 9.88. The van der Waals surface area contributed by atoms with Gasteiger partial charge in [0.15, 0.2) is 0 Å². The van der Waals surface area contributed by atoms with Crippen molar-refractivity contribution in [3.8, 4) is 5.75 Å². The Balaban J connectivity index is 2.15. The van der Waals surface area contributed by atoms with Gasteiger partial charge >= 0.3 is 0 Å². The molecule has 2 fully saturated rings. The highest BCUT2D eigenvalue weighted by Gasteiger charge is 2.43. The topological polar surface area (TPSA) is 101 Å². The second-order valence-corrected chi connectivity index (χ2v) is 11.5. The summed E-state index contributed by atoms with van der Waals surface area (Å²) >= 11 is 0. The number of amides is 1. The van der Waals surface area contributed by atoms with E-state index in [1.165, 1.54) is 22.5 Å². The summed E-state index contributed by atoms with van der Waals surface area (Å²) in [6.07, 6.45) is 2.46. The van der Waals surface area contributed by atoms with Gasteiger partial charge in [-0.3, -0.25) is 4.79 Å². The zero-order chi connectivity index (χ0) is 21.6. The second-order valence-electron chi connectivity index (χ2n) is 7.81. The van der Waals surface area contributed by atoms with E-state index in [9.17, 15) is 21.6 Å². The van der Waals surface area contributed by atoms with Gasteiger partial charge in [-0.2, -0.15) is 4.31 Å². The number of piperidine rings is 1. The van der Waals surface area contributed by atoms with E-state index in [1.54, 1.807) is 13.8 Å². The van der Waals surface area contributed by atoms with Gasteiger partial charge in [0.2, 0.25) is 26.0 Å². The van der Waals surface area contributed by atoms with Gasteiger partial charge in [0.1, 0.15) is 10.6 Å². The van der Waals surface area contributed by atoms with Crippen LogP contribution in [0.5, 0.6) is 5.75 Å². The molecule has 0 spiro atoms. The molecule has 0 bridgehead atoms. The molecule has 2 heterocycles.